The highest BCUT2D eigenvalue weighted by atomic mass is 32.2. The molecule has 1 N–H and O–H groups in total. The van der Waals surface area contributed by atoms with E-state index in [9.17, 15) is 8.42 Å². The lowest BCUT2D eigenvalue weighted by molar-refractivity contribution is 0.131. The number of methoxy groups -OCH3 is 1. The Hall–Kier alpha value is -3.45. The van der Waals surface area contributed by atoms with Gasteiger partial charge in [-0.2, -0.15) is 0 Å². The van der Waals surface area contributed by atoms with Gasteiger partial charge >= 0.3 is 0 Å². The summed E-state index contributed by atoms with van der Waals surface area (Å²) in [6.45, 7) is 3.94. The normalized spacial score (nSPS) is 15.8. The lowest BCUT2D eigenvalue weighted by Gasteiger charge is -2.45. The third-order valence-electron chi connectivity index (χ3n) is 7.96. The molecule has 1 aliphatic heterocycles. The van der Waals surface area contributed by atoms with Crippen LogP contribution in [0.15, 0.2) is 114 Å². The van der Waals surface area contributed by atoms with Crippen LogP contribution in [0.25, 0.3) is 0 Å². The van der Waals surface area contributed by atoms with E-state index in [2.05, 4.69) is 82.4 Å². The van der Waals surface area contributed by atoms with Crippen LogP contribution in [-0.2, 0) is 15.4 Å². The number of rotatable bonds is 9. The largest absolute Gasteiger partial charge is 0.497 e. The first-order chi connectivity index (χ1) is 18.9. The number of aryl methyl sites for hydroxylation is 1. The van der Waals surface area contributed by atoms with Gasteiger partial charge in [-0.3, -0.25) is 4.90 Å². The van der Waals surface area contributed by atoms with Gasteiger partial charge in [-0.15, -0.1) is 0 Å². The molecule has 0 atom stereocenters. The van der Waals surface area contributed by atoms with Crippen molar-refractivity contribution in [1.29, 1.82) is 0 Å². The summed E-state index contributed by atoms with van der Waals surface area (Å²) in [6, 6.07) is 36.5. The Balaban J connectivity index is 1.44. The number of benzene rings is 4. The zero-order valence-corrected chi connectivity index (χ0v) is 23.4. The predicted octanol–water partition coefficient (Wildman–Crippen LogP) is 6.11. The van der Waals surface area contributed by atoms with Crippen molar-refractivity contribution in [2.75, 3.05) is 26.7 Å². The molecule has 202 valence electrons. The summed E-state index contributed by atoms with van der Waals surface area (Å²) in [5.74, 6) is 0.780. The maximum Gasteiger partial charge on any atom is 0.240 e. The van der Waals surface area contributed by atoms with E-state index in [0.717, 1.165) is 42.8 Å². The molecule has 4 aromatic carbocycles. The molecular formula is C33H36N2O3S. The van der Waals surface area contributed by atoms with Gasteiger partial charge in [0, 0.05) is 12.0 Å². The predicted molar refractivity (Wildman–Crippen MR) is 157 cm³/mol. The summed E-state index contributed by atoms with van der Waals surface area (Å²) in [5.41, 5.74) is 4.29. The molecule has 0 amide bonds. The molecule has 1 fully saturated rings. The first kappa shape index (κ1) is 27.1. The monoisotopic (exact) mass is 540 g/mol. The van der Waals surface area contributed by atoms with Crippen molar-refractivity contribution in [3.8, 4) is 5.75 Å². The minimum atomic E-state index is -3.65. The van der Waals surface area contributed by atoms with Crippen LogP contribution in [0, 0.1) is 6.92 Å². The average Bonchev–Trinajstić information content (AvgIpc) is 2.98. The van der Waals surface area contributed by atoms with E-state index in [-0.39, 0.29) is 11.5 Å². The molecule has 1 aliphatic rings. The van der Waals surface area contributed by atoms with E-state index in [0.29, 0.717) is 11.4 Å². The molecule has 0 radical (unpaired) electrons. The number of ether oxygens (including phenoxy) is 1. The first-order valence-electron chi connectivity index (χ1n) is 13.5. The number of nitrogens with zero attached hydrogens (tertiary/aromatic N) is 1. The lowest BCUT2D eigenvalue weighted by Crippen LogP contribution is -2.49. The molecule has 0 bridgehead atoms. The van der Waals surface area contributed by atoms with Gasteiger partial charge in [-0.1, -0.05) is 90.5 Å². The second-order valence-electron chi connectivity index (χ2n) is 10.4. The van der Waals surface area contributed by atoms with Crippen molar-refractivity contribution in [2.45, 2.75) is 36.1 Å². The van der Waals surface area contributed by atoms with Crippen molar-refractivity contribution in [3.05, 3.63) is 131 Å². The zero-order chi connectivity index (χ0) is 27.3. The molecular weight excluding hydrogens is 504 g/mol. The molecule has 0 unspecified atom stereocenters. The van der Waals surface area contributed by atoms with Crippen molar-refractivity contribution in [1.82, 2.24) is 9.62 Å². The summed E-state index contributed by atoms with van der Waals surface area (Å²) in [7, 11) is -1.98. The number of nitrogens with one attached hydrogen (secondary N) is 1. The summed E-state index contributed by atoms with van der Waals surface area (Å²) in [5, 5.41) is 0. The number of hydrogen-bond donors (Lipinski definition) is 1. The molecule has 1 heterocycles. The summed E-state index contributed by atoms with van der Waals surface area (Å²) < 4.78 is 35.1. The average molecular weight is 541 g/mol. The summed E-state index contributed by atoms with van der Waals surface area (Å²) in [4.78, 5) is 2.82. The van der Waals surface area contributed by atoms with Crippen molar-refractivity contribution >= 4 is 10.0 Å². The second-order valence-corrected chi connectivity index (χ2v) is 12.2. The molecule has 5 rings (SSSR count). The van der Waals surface area contributed by atoms with Gasteiger partial charge in [0.1, 0.15) is 5.75 Å². The van der Waals surface area contributed by atoms with Crippen LogP contribution in [0.5, 0.6) is 5.75 Å². The molecule has 1 saturated heterocycles. The van der Waals surface area contributed by atoms with Gasteiger partial charge in [0.25, 0.3) is 0 Å². The third-order valence-corrected chi connectivity index (χ3v) is 9.38. The molecule has 0 aromatic heterocycles. The molecule has 0 spiro atoms. The molecule has 0 saturated carbocycles. The maximum atomic E-state index is 13.3. The van der Waals surface area contributed by atoms with E-state index in [1.165, 1.54) is 11.1 Å². The highest BCUT2D eigenvalue weighted by Crippen LogP contribution is 2.40. The fraction of sp³-hybridized carbons (Fsp3) is 0.273. The lowest BCUT2D eigenvalue weighted by atomic mass is 9.72. The maximum absolute atomic E-state index is 13.3. The fourth-order valence-corrected chi connectivity index (χ4v) is 6.78. The van der Waals surface area contributed by atoms with Gasteiger partial charge < -0.3 is 4.74 Å². The standard InChI is InChI=1S/C33H36N2O3S/c1-26-16-18-31(19-17-26)39(36,37)34-25-33(29-14-9-15-30(24-29)38-2)20-22-35(23-21-33)32(27-10-5-3-6-11-27)28-12-7-4-8-13-28/h3-19,24,32,34H,20-23,25H2,1-2H3. The Labute approximate surface area is 232 Å². The summed E-state index contributed by atoms with van der Waals surface area (Å²) >= 11 is 0. The van der Waals surface area contributed by atoms with Crippen LogP contribution in [0.3, 0.4) is 0 Å². The van der Waals surface area contributed by atoms with Gasteiger partial charge in [0.2, 0.25) is 10.0 Å². The van der Waals surface area contributed by atoms with E-state index in [1.807, 2.05) is 31.2 Å². The SMILES string of the molecule is COc1cccc(C2(CNS(=O)(=O)c3ccc(C)cc3)CCN(C(c3ccccc3)c3ccccc3)CC2)c1. The van der Waals surface area contributed by atoms with Gasteiger partial charge in [-0.25, -0.2) is 13.1 Å². The number of likely N-dealkylation sites (tertiary alicyclic amines) is 1. The van der Waals surface area contributed by atoms with Crippen LogP contribution in [0.2, 0.25) is 0 Å². The number of hydrogen-bond acceptors (Lipinski definition) is 4. The van der Waals surface area contributed by atoms with E-state index >= 15 is 0 Å². The number of sulfonamides is 1. The van der Waals surface area contributed by atoms with Crippen LogP contribution in [-0.4, -0.2) is 40.1 Å². The van der Waals surface area contributed by atoms with E-state index < -0.39 is 10.0 Å². The Morgan fingerprint density at radius 3 is 1.97 bits per heavy atom. The van der Waals surface area contributed by atoms with Gasteiger partial charge in [0.05, 0.1) is 18.0 Å². The molecule has 0 aliphatic carbocycles. The Kier molecular flexibility index (Phi) is 8.17. The quantitative estimate of drug-likeness (QED) is 0.279. The van der Waals surface area contributed by atoms with Crippen LogP contribution >= 0.6 is 0 Å². The van der Waals surface area contributed by atoms with Gasteiger partial charge in [0.15, 0.2) is 0 Å². The highest BCUT2D eigenvalue weighted by Gasteiger charge is 2.39. The topological polar surface area (TPSA) is 58.6 Å². The minimum Gasteiger partial charge on any atom is -0.497 e. The summed E-state index contributed by atoms with van der Waals surface area (Å²) in [6.07, 6.45) is 1.62. The zero-order valence-electron chi connectivity index (χ0n) is 22.6. The van der Waals surface area contributed by atoms with E-state index in [1.54, 1.807) is 19.2 Å². The fourth-order valence-electron chi connectivity index (χ4n) is 5.65. The molecule has 4 aromatic rings. The van der Waals surface area contributed by atoms with E-state index in [4.69, 9.17) is 4.74 Å². The molecule has 5 nitrogen and oxygen atoms in total. The van der Waals surface area contributed by atoms with Crippen molar-refractivity contribution < 1.29 is 13.2 Å². The van der Waals surface area contributed by atoms with Crippen molar-refractivity contribution in [2.24, 2.45) is 0 Å². The second kappa shape index (κ2) is 11.7. The highest BCUT2D eigenvalue weighted by molar-refractivity contribution is 7.89. The first-order valence-corrected chi connectivity index (χ1v) is 14.9. The van der Waals surface area contributed by atoms with Crippen LogP contribution in [0.4, 0.5) is 0 Å². The number of piperidine rings is 1. The smallest absolute Gasteiger partial charge is 0.240 e. The Bertz CT molecular complexity index is 1430. The van der Waals surface area contributed by atoms with Crippen LogP contribution < -0.4 is 9.46 Å². The minimum absolute atomic E-state index is 0.139. The van der Waals surface area contributed by atoms with Gasteiger partial charge in [-0.05, 0) is 73.8 Å². The van der Waals surface area contributed by atoms with Crippen molar-refractivity contribution in [3.63, 3.8) is 0 Å². The molecule has 39 heavy (non-hydrogen) atoms. The molecule has 6 heteroatoms. The Morgan fingerprint density at radius 1 is 0.821 bits per heavy atom. The van der Waals surface area contributed by atoms with Crippen LogP contribution in [0.1, 0.15) is 41.1 Å². The third kappa shape index (κ3) is 6.09. The Morgan fingerprint density at radius 2 is 1.41 bits per heavy atom.